The maximum atomic E-state index is 11.1. The van der Waals surface area contributed by atoms with Gasteiger partial charge in [0.1, 0.15) is 6.07 Å². The summed E-state index contributed by atoms with van der Waals surface area (Å²) in [6, 6.07) is 9.27. The molecule has 22 heavy (non-hydrogen) atoms. The van der Waals surface area contributed by atoms with Crippen LogP contribution in [0.5, 0.6) is 11.5 Å². The summed E-state index contributed by atoms with van der Waals surface area (Å²) >= 11 is 0. The van der Waals surface area contributed by atoms with Crippen LogP contribution in [0.3, 0.4) is 0 Å². The Morgan fingerprint density at radius 1 is 1.50 bits per heavy atom. The first-order valence-electron chi connectivity index (χ1n) is 6.15. The molecule has 0 aliphatic carbocycles. The molecule has 1 aromatic heterocycles. The van der Waals surface area contributed by atoms with E-state index in [1.807, 2.05) is 6.07 Å². The van der Waals surface area contributed by atoms with Gasteiger partial charge in [-0.2, -0.15) is 5.26 Å². The minimum Gasteiger partial charge on any atom is -0.504 e. The maximum Gasteiger partial charge on any atom is 0.280 e. The number of nitriles is 1. The van der Waals surface area contributed by atoms with Crippen molar-refractivity contribution in [2.75, 3.05) is 7.11 Å². The predicted molar refractivity (Wildman–Crippen MR) is 79.0 cm³/mol. The first kappa shape index (κ1) is 15.0. The van der Waals surface area contributed by atoms with Crippen molar-refractivity contribution in [3.05, 3.63) is 57.9 Å². The molecule has 0 aliphatic heterocycles. The molecule has 1 N–H and O–H groups in total. The molecule has 1 heterocycles. The van der Waals surface area contributed by atoms with Crippen LogP contribution in [0.1, 0.15) is 11.3 Å². The van der Waals surface area contributed by atoms with Crippen LogP contribution in [-0.2, 0) is 0 Å². The van der Waals surface area contributed by atoms with Gasteiger partial charge in [-0.15, -0.1) is 0 Å². The molecule has 7 nitrogen and oxygen atoms in total. The molecule has 0 fully saturated rings. The minimum absolute atomic E-state index is 0.0789. The third-order valence-corrected chi connectivity index (χ3v) is 2.89. The first-order chi connectivity index (χ1) is 10.6. The maximum absolute atomic E-state index is 11.1. The van der Waals surface area contributed by atoms with E-state index in [1.165, 1.54) is 25.4 Å². The van der Waals surface area contributed by atoms with Crippen molar-refractivity contribution < 1.29 is 14.8 Å². The highest BCUT2D eigenvalue weighted by Crippen LogP contribution is 2.35. The topological polar surface area (TPSA) is 109 Å². The SMILES string of the molecule is COc1cc(C=C(C#N)c2ccccn2)c([N+](=O)[O-])cc1O. The zero-order chi connectivity index (χ0) is 16.1. The molecule has 0 radical (unpaired) electrons. The van der Waals surface area contributed by atoms with Crippen molar-refractivity contribution >= 4 is 17.3 Å². The normalized spacial score (nSPS) is 10.8. The molecule has 0 saturated heterocycles. The highest BCUT2D eigenvalue weighted by Gasteiger charge is 2.18. The fourth-order valence-corrected chi connectivity index (χ4v) is 1.85. The highest BCUT2D eigenvalue weighted by molar-refractivity contribution is 5.90. The molecule has 0 spiro atoms. The van der Waals surface area contributed by atoms with Gasteiger partial charge in [0.05, 0.1) is 34.9 Å². The van der Waals surface area contributed by atoms with Crippen LogP contribution in [0.15, 0.2) is 36.5 Å². The molecule has 2 rings (SSSR count). The summed E-state index contributed by atoms with van der Waals surface area (Å²) in [4.78, 5) is 14.5. The Bertz CT molecular complexity index is 779. The number of aromatic hydroxyl groups is 1. The number of hydrogen-bond donors (Lipinski definition) is 1. The van der Waals surface area contributed by atoms with E-state index in [2.05, 4.69) is 4.98 Å². The lowest BCUT2D eigenvalue weighted by Gasteiger charge is -2.06. The van der Waals surface area contributed by atoms with Crippen molar-refractivity contribution in [2.45, 2.75) is 0 Å². The molecule has 0 saturated carbocycles. The molecule has 0 aliphatic rings. The third-order valence-electron chi connectivity index (χ3n) is 2.89. The summed E-state index contributed by atoms with van der Waals surface area (Å²) in [5.74, 6) is -0.266. The molecule has 2 aromatic rings. The Morgan fingerprint density at radius 2 is 2.27 bits per heavy atom. The quantitative estimate of drug-likeness (QED) is 0.528. The van der Waals surface area contributed by atoms with Crippen molar-refractivity contribution in [3.63, 3.8) is 0 Å². The molecule has 0 atom stereocenters. The van der Waals surface area contributed by atoms with Crippen molar-refractivity contribution in [3.8, 4) is 17.6 Å². The zero-order valence-electron chi connectivity index (χ0n) is 11.6. The number of phenolic OH excluding ortho intramolecular Hbond substituents is 1. The van der Waals surface area contributed by atoms with Gasteiger partial charge in [0.15, 0.2) is 11.5 Å². The lowest BCUT2D eigenvalue weighted by atomic mass is 10.1. The number of pyridine rings is 1. The average molecular weight is 297 g/mol. The number of rotatable bonds is 4. The Balaban J connectivity index is 2.62. The smallest absolute Gasteiger partial charge is 0.280 e. The van der Waals surface area contributed by atoms with Gasteiger partial charge in [-0.1, -0.05) is 6.07 Å². The van der Waals surface area contributed by atoms with Gasteiger partial charge in [0.25, 0.3) is 5.69 Å². The molecule has 110 valence electrons. The number of aromatic nitrogens is 1. The Morgan fingerprint density at radius 3 is 2.82 bits per heavy atom. The van der Waals surface area contributed by atoms with Gasteiger partial charge in [0.2, 0.25) is 0 Å². The Hall–Kier alpha value is -3.40. The largest absolute Gasteiger partial charge is 0.504 e. The van der Waals surface area contributed by atoms with E-state index in [1.54, 1.807) is 18.2 Å². The molecule has 0 amide bonds. The van der Waals surface area contributed by atoms with E-state index in [-0.39, 0.29) is 28.3 Å². The van der Waals surface area contributed by atoms with Gasteiger partial charge >= 0.3 is 0 Å². The van der Waals surface area contributed by atoms with Gasteiger partial charge in [-0.05, 0) is 24.3 Å². The summed E-state index contributed by atoms with van der Waals surface area (Å²) in [7, 11) is 1.33. The molecule has 0 unspecified atom stereocenters. The number of nitro benzene ring substituents is 1. The summed E-state index contributed by atoms with van der Waals surface area (Å²) in [5, 5.41) is 30.0. The second-order valence-corrected chi connectivity index (χ2v) is 4.22. The Kier molecular flexibility index (Phi) is 4.34. The van der Waals surface area contributed by atoms with E-state index in [0.29, 0.717) is 5.69 Å². The number of nitro groups is 1. The number of allylic oxidation sites excluding steroid dienone is 1. The number of hydrogen-bond acceptors (Lipinski definition) is 6. The molecular formula is C15H11N3O4. The highest BCUT2D eigenvalue weighted by atomic mass is 16.6. The first-order valence-corrected chi connectivity index (χ1v) is 6.15. The second kappa shape index (κ2) is 6.37. The number of ether oxygens (including phenoxy) is 1. The zero-order valence-corrected chi connectivity index (χ0v) is 11.6. The lowest BCUT2D eigenvalue weighted by molar-refractivity contribution is -0.385. The van der Waals surface area contributed by atoms with E-state index in [9.17, 15) is 20.5 Å². The minimum atomic E-state index is -0.640. The fraction of sp³-hybridized carbons (Fsp3) is 0.0667. The van der Waals surface area contributed by atoms with Gasteiger partial charge in [-0.25, -0.2) is 0 Å². The van der Waals surface area contributed by atoms with Crippen LogP contribution in [0, 0.1) is 21.4 Å². The van der Waals surface area contributed by atoms with Crippen molar-refractivity contribution in [1.29, 1.82) is 5.26 Å². The van der Waals surface area contributed by atoms with Crippen molar-refractivity contribution in [1.82, 2.24) is 4.98 Å². The van der Waals surface area contributed by atoms with Gasteiger partial charge < -0.3 is 9.84 Å². The second-order valence-electron chi connectivity index (χ2n) is 4.22. The Labute approximate surface area is 125 Å². The van der Waals surface area contributed by atoms with E-state index >= 15 is 0 Å². The molecule has 0 bridgehead atoms. The molecule has 1 aromatic carbocycles. The van der Waals surface area contributed by atoms with Crippen molar-refractivity contribution in [2.24, 2.45) is 0 Å². The van der Waals surface area contributed by atoms with Gasteiger partial charge in [0, 0.05) is 6.20 Å². The van der Waals surface area contributed by atoms with Crippen LogP contribution in [0.25, 0.3) is 11.6 Å². The van der Waals surface area contributed by atoms with E-state index in [0.717, 1.165) is 6.07 Å². The number of methoxy groups -OCH3 is 1. The van der Waals surface area contributed by atoms with Crippen LogP contribution < -0.4 is 4.74 Å². The number of phenols is 1. The summed E-state index contributed by atoms with van der Waals surface area (Å²) in [5.41, 5.74) is 0.367. The standard InChI is InChI=1S/C15H11N3O4/c1-22-15-7-10(13(18(20)21)8-14(15)19)6-11(9-16)12-4-2-3-5-17-12/h2-8,19H,1H3. The molecular weight excluding hydrogens is 286 g/mol. The van der Waals surface area contributed by atoms with Crippen LogP contribution >= 0.6 is 0 Å². The number of benzene rings is 1. The summed E-state index contributed by atoms with van der Waals surface area (Å²) in [6.07, 6.45) is 2.86. The van der Waals surface area contributed by atoms with E-state index < -0.39 is 4.92 Å². The molecule has 7 heteroatoms. The van der Waals surface area contributed by atoms with Crippen LogP contribution in [0.4, 0.5) is 5.69 Å². The average Bonchev–Trinajstić information content (AvgIpc) is 2.54. The van der Waals surface area contributed by atoms with E-state index in [4.69, 9.17) is 4.74 Å². The third kappa shape index (κ3) is 3.02. The lowest BCUT2D eigenvalue weighted by Crippen LogP contribution is -1.95. The van der Waals surface area contributed by atoms with Gasteiger partial charge in [-0.3, -0.25) is 15.1 Å². The number of nitrogens with zero attached hydrogens (tertiary/aromatic N) is 3. The summed E-state index contributed by atoms with van der Waals surface area (Å²) in [6.45, 7) is 0. The summed E-state index contributed by atoms with van der Waals surface area (Å²) < 4.78 is 4.94. The monoisotopic (exact) mass is 297 g/mol. The van der Waals surface area contributed by atoms with Crippen LogP contribution in [-0.4, -0.2) is 22.1 Å². The predicted octanol–water partition coefficient (Wildman–Crippen LogP) is 2.77. The van der Waals surface area contributed by atoms with Crippen LogP contribution in [0.2, 0.25) is 0 Å². The fourth-order valence-electron chi connectivity index (χ4n) is 1.85.